The molecule has 1 fully saturated rings. The lowest BCUT2D eigenvalue weighted by molar-refractivity contribution is -0.164. The quantitative estimate of drug-likeness (QED) is 0.247. The van der Waals surface area contributed by atoms with E-state index in [-0.39, 0.29) is 30.6 Å². The summed E-state index contributed by atoms with van der Waals surface area (Å²) in [6, 6.07) is 14.1. The number of aromatic nitrogens is 1. The van der Waals surface area contributed by atoms with Gasteiger partial charge in [-0.1, -0.05) is 24.3 Å². The zero-order valence-electron chi connectivity index (χ0n) is 21.6. The predicted octanol–water partition coefficient (Wildman–Crippen LogP) is 5.42. The van der Waals surface area contributed by atoms with Gasteiger partial charge in [-0.2, -0.15) is 0 Å². The van der Waals surface area contributed by atoms with Gasteiger partial charge in [-0.15, -0.1) is 22.7 Å². The Hall–Kier alpha value is -3.30. The number of thiazole rings is 1. The standard InChI is InChI=1S/C29H31N3O4S2/c1-3-36-27(34)9-6-13-31(17-20-10-11-25-23(15-20)30-19-38-25)28(35)29(2)12-14-32(29)26(33)16-21-18-37-24-8-5-4-7-22(21)24/h4-5,7-8,10-11,15,18-19H,3,6,9,12-14,16-17H2,1-2H3. The number of fused-ring (bicyclic) bond motifs is 2. The number of ether oxygens (including phenoxy) is 1. The van der Waals surface area contributed by atoms with Crippen LogP contribution in [0.4, 0.5) is 0 Å². The third kappa shape index (κ3) is 5.31. The molecule has 0 radical (unpaired) electrons. The Labute approximate surface area is 230 Å². The first-order valence-electron chi connectivity index (χ1n) is 12.9. The number of hydrogen-bond acceptors (Lipinski definition) is 7. The van der Waals surface area contributed by atoms with Crippen LogP contribution in [-0.2, 0) is 32.1 Å². The monoisotopic (exact) mass is 549 g/mol. The molecule has 7 nitrogen and oxygen atoms in total. The molecule has 4 aromatic rings. The Balaban J connectivity index is 1.32. The van der Waals surface area contributed by atoms with Gasteiger partial charge in [0.25, 0.3) is 0 Å². The largest absolute Gasteiger partial charge is 0.466 e. The van der Waals surface area contributed by atoms with E-state index in [4.69, 9.17) is 4.74 Å². The summed E-state index contributed by atoms with van der Waals surface area (Å²) in [5.74, 6) is -0.390. The van der Waals surface area contributed by atoms with E-state index in [1.165, 1.54) is 0 Å². The fourth-order valence-corrected chi connectivity index (χ4v) is 6.69. The van der Waals surface area contributed by atoms with Crippen molar-refractivity contribution >= 4 is 60.8 Å². The molecule has 1 unspecified atom stereocenters. The molecule has 1 saturated heterocycles. The molecule has 2 aromatic heterocycles. The number of benzene rings is 2. The maximum Gasteiger partial charge on any atom is 0.305 e. The number of carbonyl (C=O) groups is 3. The summed E-state index contributed by atoms with van der Waals surface area (Å²) >= 11 is 3.21. The summed E-state index contributed by atoms with van der Waals surface area (Å²) in [5, 5.41) is 3.13. The Morgan fingerprint density at radius 2 is 1.97 bits per heavy atom. The molecule has 0 bridgehead atoms. The van der Waals surface area contributed by atoms with Crippen molar-refractivity contribution in [2.24, 2.45) is 0 Å². The number of hydrogen-bond donors (Lipinski definition) is 0. The van der Waals surface area contributed by atoms with Crippen molar-refractivity contribution in [2.45, 2.75) is 51.6 Å². The van der Waals surface area contributed by atoms with E-state index >= 15 is 0 Å². The van der Waals surface area contributed by atoms with Gasteiger partial charge in [-0.05, 0) is 66.8 Å². The van der Waals surface area contributed by atoms with Crippen molar-refractivity contribution in [3.8, 4) is 0 Å². The SMILES string of the molecule is CCOC(=O)CCCN(Cc1ccc2scnc2c1)C(=O)C1(C)CCN1C(=O)Cc1csc2ccccc12. The van der Waals surface area contributed by atoms with Crippen LogP contribution in [0.2, 0.25) is 0 Å². The van der Waals surface area contributed by atoms with Gasteiger partial charge in [0.1, 0.15) is 5.54 Å². The fraction of sp³-hybridized carbons (Fsp3) is 0.379. The molecule has 0 saturated carbocycles. The molecule has 1 atom stereocenters. The molecule has 5 rings (SSSR count). The lowest BCUT2D eigenvalue weighted by Crippen LogP contribution is -2.68. The summed E-state index contributed by atoms with van der Waals surface area (Å²) in [5.41, 5.74) is 3.78. The van der Waals surface area contributed by atoms with Crippen LogP contribution in [0.1, 0.15) is 44.2 Å². The van der Waals surface area contributed by atoms with Crippen LogP contribution in [0.15, 0.2) is 53.4 Å². The smallest absolute Gasteiger partial charge is 0.305 e. The lowest BCUT2D eigenvalue weighted by Gasteiger charge is -2.51. The van der Waals surface area contributed by atoms with E-state index in [0.717, 1.165) is 31.4 Å². The van der Waals surface area contributed by atoms with Gasteiger partial charge in [0.05, 0.1) is 28.8 Å². The molecule has 0 aliphatic carbocycles. The van der Waals surface area contributed by atoms with Crippen LogP contribution in [0.25, 0.3) is 20.3 Å². The van der Waals surface area contributed by atoms with E-state index < -0.39 is 5.54 Å². The van der Waals surface area contributed by atoms with E-state index in [1.807, 2.05) is 54.2 Å². The summed E-state index contributed by atoms with van der Waals surface area (Å²) < 4.78 is 7.32. The van der Waals surface area contributed by atoms with Crippen LogP contribution in [-0.4, -0.2) is 57.8 Å². The van der Waals surface area contributed by atoms with Gasteiger partial charge in [-0.3, -0.25) is 14.4 Å². The molecule has 38 heavy (non-hydrogen) atoms. The van der Waals surface area contributed by atoms with Gasteiger partial charge < -0.3 is 14.5 Å². The number of carbonyl (C=O) groups excluding carboxylic acids is 3. The highest BCUT2D eigenvalue weighted by molar-refractivity contribution is 7.17. The van der Waals surface area contributed by atoms with Crippen LogP contribution in [0.5, 0.6) is 0 Å². The van der Waals surface area contributed by atoms with Crippen LogP contribution in [0, 0.1) is 0 Å². The third-order valence-electron chi connectivity index (χ3n) is 7.25. The minimum absolute atomic E-state index is 0.0361. The van der Waals surface area contributed by atoms with Crippen molar-refractivity contribution in [1.29, 1.82) is 0 Å². The Morgan fingerprint density at radius 1 is 1.13 bits per heavy atom. The van der Waals surface area contributed by atoms with E-state index in [0.29, 0.717) is 39.1 Å². The molecule has 1 aliphatic rings. The number of rotatable bonds is 10. The van der Waals surface area contributed by atoms with Gasteiger partial charge >= 0.3 is 5.97 Å². The molecular formula is C29H31N3O4S2. The molecule has 2 amide bonds. The van der Waals surface area contributed by atoms with Gasteiger partial charge in [-0.25, -0.2) is 4.98 Å². The molecule has 0 spiro atoms. The summed E-state index contributed by atoms with van der Waals surface area (Å²) in [7, 11) is 0. The average molecular weight is 550 g/mol. The third-order valence-corrected chi connectivity index (χ3v) is 9.07. The van der Waals surface area contributed by atoms with E-state index in [9.17, 15) is 14.4 Å². The van der Waals surface area contributed by atoms with Crippen molar-refractivity contribution in [3.63, 3.8) is 0 Å². The molecule has 0 N–H and O–H groups in total. The number of thiophene rings is 1. The molecule has 9 heteroatoms. The minimum Gasteiger partial charge on any atom is -0.466 e. The molecule has 3 heterocycles. The van der Waals surface area contributed by atoms with E-state index in [1.54, 1.807) is 39.4 Å². The van der Waals surface area contributed by atoms with Crippen molar-refractivity contribution in [3.05, 3.63) is 64.5 Å². The zero-order valence-corrected chi connectivity index (χ0v) is 23.3. The highest BCUT2D eigenvalue weighted by atomic mass is 32.1. The molecule has 2 aromatic carbocycles. The second-order valence-electron chi connectivity index (χ2n) is 9.79. The normalized spacial score (nSPS) is 16.9. The highest BCUT2D eigenvalue weighted by Gasteiger charge is 2.50. The zero-order chi connectivity index (χ0) is 26.7. The first-order chi connectivity index (χ1) is 18.4. The molecule has 198 valence electrons. The summed E-state index contributed by atoms with van der Waals surface area (Å²) in [4.78, 5) is 47.3. The number of amides is 2. The summed E-state index contributed by atoms with van der Waals surface area (Å²) in [6.07, 6.45) is 1.62. The Bertz CT molecular complexity index is 1480. The maximum absolute atomic E-state index is 14.0. The van der Waals surface area contributed by atoms with Crippen LogP contribution < -0.4 is 0 Å². The second kappa shape index (κ2) is 11.2. The topological polar surface area (TPSA) is 79.8 Å². The first-order valence-corrected chi connectivity index (χ1v) is 14.7. The lowest BCUT2D eigenvalue weighted by atomic mass is 9.84. The Kier molecular flexibility index (Phi) is 7.76. The van der Waals surface area contributed by atoms with Gasteiger partial charge in [0.15, 0.2) is 0 Å². The Morgan fingerprint density at radius 3 is 2.76 bits per heavy atom. The van der Waals surface area contributed by atoms with Crippen molar-refractivity contribution in [1.82, 2.24) is 14.8 Å². The minimum atomic E-state index is -0.905. The molecule has 1 aliphatic heterocycles. The highest BCUT2D eigenvalue weighted by Crippen LogP contribution is 2.35. The van der Waals surface area contributed by atoms with Crippen LogP contribution >= 0.6 is 22.7 Å². The molecular weight excluding hydrogens is 518 g/mol. The maximum atomic E-state index is 14.0. The average Bonchev–Trinajstić information content (AvgIpc) is 3.53. The number of likely N-dealkylation sites (tertiary alicyclic amines) is 1. The van der Waals surface area contributed by atoms with E-state index in [2.05, 4.69) is 11.1 Å². The van der Waals surface area contributed by atoms with Gasteiger partial charge in [0.2, 0.25) is 11.8 Å². The summed E-state index contributed by atoms with van der Waals surface area (Å²) in [6.45, 7) is 5.34. The fourth-order valence-electron chi connectivity index (χ4n) is 5.07. The van der Waals surface area contributed by atoms with Gasteiger partial charge in [0, 0.05) is 30.8 Å². The number of esters is 1. The predicted molar refractivity (Wildman–Crippen MR) is 151 cm³/mol. The number of nitrogens with zero attached hydrogens (tertiary/aromatic N) is 3. The van der Waals surface area contributed by atoms with Crippen molar-refractivity contribution < 1.29 is 19.1 Å². The first kappa shape index (κ1) is 26.3. The second-order valence-corrected chi connectivity index (χ2v) is 11.6. The van der Waals surface area contributed by atoms with Crippen molar-refractivity contribution in [2.75, 3.05) is 19.7 Å². The van der Waals surface area contributed by atoms with Crippen LogP contribution in [0.3, 0.4) is 0 Å².